The Bertz CT molecular complexity index is 602. The minimum atomic E-state index is -1.58. The molecule has 0 saturated heterocycles. The van der Waals surface area contributed by atoms with E-state index in [4.69, 9.17) is 5.11 Å². The van der Waals surface area contributed by atoms with Gasteiger partial charge >= 0.3 is 5.97 Å². The SMILES string of the molecule is CC(NC(=O)c1cc(F)c(F)cc1C(=O)O)C(=O)N(C)C. The molecule has 1 unspecified atom stereocenters. The molecule has 0 aliphatic heterocycles. The van der Waals surface area contributed by atoms with Crippen LogP contribution in [0.15, 0.2) is 12.1 Å². The number of benzene rings is 1. The quantitative estimate of drug-likeness (QED) is 0.864. The molecule has 0 fully saturated rings. The lowest BCUT2D eigenvalue weighted by Crippen LogP contribution is -2.44. The summed E-state index contributed by atoms with van der Waals surface area (Å²) in [5.74, 6) is -5.71. The van der Waals surface area contributed by atoms with E-state index in [-0.39, 0.29) is 0 Å². The van der Waals surface area contributed by atoms with Crippen LogP contribution in [0.4, 0.5) is 8.78 Å². The Morgan fingerprint density at radius 3 is 2.05 bits per heavy atom. The molecule has 2 N–H and O–H groups in total. The number of hydrogen-bond acceptors (Lipinski definition) is 3. The molecule has 1 atom stereocenters. The molecule has 6 nitrogen and oxygen atoms in total. The van der Waals surface area contributed by atoms with E-state index in [0.717, 1.165) is 0 Å². The summed E-state index contributed by atoms with van der Waals surface area (Å²) in [7, 11) is 2.95. The summed E-state index contributed by atoms with van der Waals surface area (Å²) in [6.07, 6.45) is 0. The fourth-order valence-electron chi connectivity index (χ4n) is 1.64. The van der Waals surface area contributed by atoms with E-state index in [1.54, 1.807) is 0 Å². The van der Waals surface area contributed by atoms with Crippen molar-refractivity contribution in [1.29, 1.82) is 0 Å². The average molecular weight is 300 g/mol. The fraction of sp³-hybridized carbons (Fsp3) is 0.308. The highest BCUT2D eigenvalue weighted by Gasteiger charge is 2.23. The van der Waals surface area contributed by atoms with Crippen LogP contribution in [-0.4, -0.2) is 47.9 Å². The van der Waals surface area contributed by atoms with E-state index in [0.29, 0.717) is 12.1 Å². The number of carbonyl (C=O) groups excluding carboxylic acids is 2. The number of aromatic carboxylic acids is 1. The molecule has 0 bridgehead atoms. The molecule has 0 aliphatic rings. The summed E-state index contributed by atoms with van der Waals surface area (Å²) in [6, 6.07) is -0.0336. The van der Waals surface area contributed by atoms with Gasteiger partial charge in [-0.15, -0.1) is 0 Å². The van der Waals surface area contributed by atoms with Crippen molar-refractivity contribution in [3.8, 4) is 0 Å². The minimum absolute atomic E-state index is 0.422. The molecule has 1 aromatic carbocycles. The average Bonchev–Trinajstić information content (AvgIpc) is 2.39. The van der Waals surface area contributed by atoms with E-state index >= 15 is 0 Å². The van der Waals surface area contributed by atoms with Gasteiger partial charge in [0.1, 0.15) is 6.04 Å². The maximum Gasteiger partial charge on any atom is 0.336 e. The number of hydrogen-bond donors (Lipinski definition) is 2. The van der Waals surface area contributed by atoms with Crippen molar-refractivity contribution in [2.24, 2.45) is 0 Å². The zero-order valence-corrected chi connectivity index (χ0v) is 11.6. The Kier molecular flexibility index (Phi) is 4.96. The van der Waals surface area contributed by atoms with Gasteiger partial charge in [0.2, 0.25) is 5.91 Å². The van der Waals surface area contributed by atoms with Crippen LogP contribution in [0.2, 0.25) is 0 Å². The van der Waals surface area contributed by atoms with Gasteiger partial charge in [-0.25, -0.2) is 13.6 Å². The van der Waals surface area contributed by atoms with Gasteiger partial charge in [-0.05, 0) is 19.1 Å². The summed E-state index contributed by atoms with van der Waals surface area (Å²) in [5.41, 5.74) is -1.24. The zero-order chi connectivity index (χ0) is 16.3. The highest BCUT2D eigenvalue weighted by Crippen LogP contribution is 2.15. The lowest BCUT2D eigenvalue weighted by atomic mass is 10.1. The molecule has 0 heterocycles. The Labute approximate surface area is 119 Å². The van der Waals surface area contributed by atoms with Crippen molar-refractivity contribution in [3.05, 3.63) is 34.9 Å². The van der Waals surface area contributed by atoms with Crippen molar-refractivity contribution in [2.45, 2.75) is 13.0 Å². The number of nitrogens with zero attached hydrogens (tertiary/aromatic N) is 1. The highest BCUT2D eigenvalue weighted by atomic mass is 19.2. The summed E-state index contributed by atoms with van der Waals surface area (Å²) < 4.78 is 26.2. The molecule has 114 valence electrons. The number of halogens is 2. The predicted octanol–water partition coefficient (Wildman–Crippen LogP) is 0.870. The van der Waals surface area contributed by atoms with Crippen molar-refractivity contribution in [2.75, 3.05) is 14.1 Å². The summed E-state index contributed by atoms with van der Waals surface area (Å²) in [6.45, 7) is 1.39. The first-order valence-electron chi connectivity index (χ1n) is 5.89. The fourth-order valence-corrected chi connectivity index (χ4v) is 1.64. The second kappa shape index (κ2) is 6.29. The van der Waals surface area contributed by atoms with Gasteiger partial charge < -0.3 is 15.3 Å². The number of amides is 2. The van der Waals surface area contributed by atoms with E-state index in [1.165, 1.54) is 25.9 Å². The van der Waals surface area contributed by atoms with Crippen molar-refractivity contribution in [3.63, 3.8) is 0 Å². The Balaban J connectivity index is 3.10. The molecule has 0 spiro atoms. The topological polar surface area (TPSA) is 86.7 Å². The summed E-state index contributed by atoms with van der Waals surface area (Å²) >= 11 is 0. The first-order chi connectivity index (χ1) is 9.65. The molecule has 0 saturated carbocycles. The number of nitrogens with one attached hydrogen (secondary N) is 1. The third-order valence-corrected chi connectivity index (χ3v) is 2.69. The van der Waals surface area contributed by atoms with Crippen LogP contribution >= 0.6 is 0 Å². The molecule has 1 rings (SSSR count). The second-order valence-electron chi connectivity index (χ2n) is 4.54. The van der Waals surface area contributed by atoms with Crippen molar-refractivity contribution in [1.82, 2.24) is 10.2 Å². The van der Waals surface area contributed by atoms with Crippen LogP contribution in [-0.2, 0) is 4.79 Å². The van der Waals surface area contributed by atoms with Gasteiger partial charge in [0.05, 0.1) is 11.1 Å². The van der Waals surface area contributed by atoms with Crippen LogP contribution < -0.4 is 5.32 Å². The Hall–Kier alpha value is -2.51. The smallest absolute Gasteiger partial charge is 0.336 e. The summed E-state index contributed by atoms with van der Waals surface area (Å²) in [5, 5.41) is 11.2. The summed E-state index contributed by atoms with van der Waals surface area (Å²) in [4.78, 5) is 35.8. The van der Waals surface area contributed by atoms with Crippen LogP contribution in [0.3, 0.4) is 0 Å². The first kappa shape index (κ1) is 16.5. The van der Waals surface area contributed by atoms with Gasteiger partial charge in [-0.2, -0.15) is 0 Å². The number of carboxylic acid groups (broad SMARTS) is 1. The van der Waals surface area contributed by atoms with Crippen molar-refractivity contribution >= 4 is 17.8 Å². The third kappa shape index (κ3) is 3.74. The maximum absolute atomic E-state index is 13.2. The molecule has 0 aromatic heterocycles. The molecular formula is C13H14F2N2O4. The lowest BCUT2D eigenvalue weighted by Gasteiger charge is -2.18. The molecule has 21 heavy (non-hydrogen) atoms. The molecule has 0 radical (unpaired) electrons. The zero-order valence-electron chi connectivity index (χ0n) is 11.6. The van der Waals surface area contributed by atoms with E-state index in [9.17, 15) is 23.2 Å². The molecule has 1 aromatic rings. The Morgan fingerprint density at radius 2 is 1.62 bits per heavy atom. The normalized spacial score (nSPS) is 11.7. The van der Waals surface area contributed by atoms with E-state index in [2.05, 4.69) is 5.32 Å². The predicted molar refractivity (Wildman–Crippen MR) is 68.9 cm³/mol. The minimum Gasteiger partial charge on any atom is -0.478 e. The van der Waals surface area contributed by atoms with Gasteiger partial charge in [-0.3, -0.25) is 9.59 Å². The molecule has 0 aliphatic carbocycles. The lowest BCUT2D eigenvalue weighted by molar-refractivity contribution is -0.130. The number of likely N-dealkylation sites (N-methyl/N-ethyl adjacent to an activating group) is 1. The largest absolute Gasteiger partial charge is 0.478 e. The van der Waals surface area contributed by atoms with Crippen LogP contribution in [0.1, 0.15) is 27.6 Å². The molecule has 8 heteroatoms. The van der Waals surface area contributed by atoms with Crippen LogP contribution in [0, 0.1) is 11.6 Å². The first-order valence-corrected chi connectivity index (χ1v) is 5.89. The Morgan fingerprint density at radius 1 is 1.14 bits per heavy atom. The van der Waals surface area contributed by atoms with Gasteiger partial charge in [0.15, 0.2) is 11.6 Å². The second-order valence-corrected chi connectivity index (χ2v) is 4.54. The number of carboxylic acids is 1. The number of rotatable bonds is 4. The number of carbonyl (C=O) groups is 3. The van der Waals surface area contributed by atoms with Gasteiger partial charge in [0, 0.05) is 14.1 Å². The van der Waals surface area contributed by atoms with Gasteiger partial charge in [-0.1, -0.05) is 0 Å². The standard InChI is InChI=1S/C13H14F2N2O4/c1-6(12(19)17(2)3)16-11(18)7-4-9(14)10(15)5-8(7)13(20)21/h4-6H,1-3H3,(H,16,18)(H,20,21). The highest BCUT2D eigenvalue weighted by molar-refractivity contribution is 6.05. The van der Waals surface area contributed by atoms with E-state index in [1.807, 2.05) is 0 Å². The molecule has 2 amide bonds. The molecular weight excluding hydrogens is 286 g/mol. The third-order valence-electron chi connectivity index (χ3n) is 2.69. The van der Waals surface area contributed by atoms with Crippen LogP contribution in [0.25, 0.3) is 0 Å². The van der Waals surface area contributed by atoms with Gasteiger partial charge in [0.25, 0.3) is 5.91 Å². The monoisotopic (exact) mass is 300 g/mol. The van der Waals surface area contributed by atoms with Crippen LogP contribution in [0.5, 0.6) is 0 Å². The van der Waals surface area contributed by atoms with Crippen molar-refractivity contribution < 1.29 is 28.3 Å². The van der Waals surface area contributed by atoms with E-state index < -0.39 is 46.6 Å². The maximum atomic E-state index is 13.2.